The van der Waals surface area contributed by atoms with Crippen LogP contribution in [0.3, 0.4) is 0 Å². The second-order valence-electron chi connectivity index (χ2n) is 1.69. The van der Waals surface area contributed by atoms with Crippen LogP contribution in [0.25, 0.3) is 0 Å². The van der Waals surface area contributed by atoms with E-state index < -0.39 is 10.4 Å². The molecule has 0 atom stereocenters. The van der Waals surface area contributed by atoms with Crippen molar-refractivity contribution >= 4 is 10.4 Å². The van der Waals surface area contributed by atoms with Gasteiger partial charge in [-0.05, 0) is 13.8 Å². The van der Waals surface area contributed by atoms with Crippen LogP contribution in [0.15, 0.2) is 0 Å². The van der Waals surface area contributed by atoms with E-state index in [4.69, 9.17) is 9.66 Å². The van der Waals surface area contributed by atoms with Crippen molar-refractivity contribution in [1.82, 2.24) is 0 Å². The summed E-state index contributed by atoms with van der Waals surface area (Å²) in [6.07, 6.45) is -0.167. The molecule has 0 heterocycles. The lowest BCUT2D eigenvalue weighted by molar-refractivity contribution is 0.216. The van der Waals surface area contributed by atoms with Gasteiger partial charge in [-0.2, -0.15) is 8.42 Å². The van der Waals surface area contributed by atoms with E-state index in [1.807, 2.05) is 0 Å². The highest BCUT2D eigenvalue weighted by molar-refractivity contribution is 7.80. The maximum absolute atomic E-state index is 9.33. The number of aliphatic hydroxyl groups is 1. The van der Waals surface area contributed by atoms with E-state index in [1.165, 1.54) is 0 Å². The van der Waals surface area contributed by atoms with Gasteiger partial charge in [0.15, 0.2) is 0 Å². The van der Waals surface area contributed by atoms with Gasteiger partial charge in [0, 0.05) is 6.10 Å². The first-order chi connectivity index (χ1) is 4.29. The zero-order chi connectivity index (χ0) is 8.78. The maximum Gasteiger partial charge on any atom is 0.397 e. The summed E-state index contributed by atoms with van der Waals surface area (Å²) in [5, 5.41) is 8.06. The molecule has 0 aliphatic carbocycles. The van der Waals surface area contributed by atoms with Crippen LogP contribution in [0.2, 0.25) is 0 Å². The van der Waals surface area contributed by atoms with Crippen molar-refractivity contribution < 1.29 is 22.3 Å². The second-order valence-corrected chi connectivity index (χ2v) is 2.88. The molecule has 0 aliphatic rings. The molecule has 0 saturated heterocycles. The van der Waals surface area contributed by atoms with Crippen molar-refractivity contribution in [1.29, 1.82) is 0 Å². The van der Waals surface area contributed by atoms with E-state index in [-0.39, 0.29) is 6.10 Å². The van der Waals surface area contributed by atoms with Gasteiger partial charge < -0.3 is 5.11 Å². The average Bonchev–Trinajstić information content (AvgIpc) is 1.63. The zero-order valence-electron chi connectivity index (χ0n) is 6.10. The Balaban J connectivity index is 0. The summed E-state index contributed by atoms with van der Waals surface area (Å²) >= 11 is 0. The molecule has 0 spiro atoms. The summed E-state index contributed by atoms with van der Waals surface area (Å²) in [5.74, 6) is 0. The molecule has 0 fully saturated rings. The minimum absolute atomic E-state index is 0.167. The van der Waals surface area contributed by atoms with Crippen molar-refractivity contribution in [2.45, 2.75) is 20.0 Å². The minimum Gasteiger partial charge on any atom is -0.394 e. The van der Waals surface area contributed by atoms with Crippen molar-refractivity contribution in [3.8, 4) is 0 Å². The quantitative estimate of drug-likeness (QED) is 0.536. The smallest absolute Gasteiger partial charge is 0.394 e. The lowest BCUT2D eigenvalue weighted by Crippen LogP contribution is -1.96. The highest BCUT2D eigenvalue weighted by Crippen LogP contribution is 1.74. The first-order valence-electron chi connectivity index (χ1n) is 2.50. The Bertz CT molecular complexity index is 144. The van der Waals surface area contributed by atoms with Crippen LogP contribution >= 0.6 is 0 Å². The molecule has 0 unspecified atom stereocenters. The molecule has 2 N–H and O–H groups in total. The molecule has 6 heteroatoms. The first-order valence-corrected chi connectivity index (χ1v) is 3.87. The van der Waals surface area contributed by atoms with Gasteiger partial charge >= 0.3 is 10.4 Å². The Morgan fingerprint density at radius 3 is 1.50 bits per heavy atom. The third-order valence-corrected chi connectivity index (χ3v) is 0.632. The Hall–Kier alpha value is -0.170. The highest BCUT2D eigenvalue weighted by atomic mass is 32.3. The third kappa shape index (κ3) is 45.6. The van der Waals surface area contributed by atoms with Crippen LogP contribution < -0.4 is 0 Å². The molecule has 0 radical (unpaired) electrons. The van der Waals surface area contributed by atoms with Gasteiger partial charge in [0.05, 0.1) is 7.11 Å². The summed E-state index contributed by atoms with van der Waals surface area (Å²) in [6, 6.07) is 0. The molecule has 0 aromatic rings. The highest BCUT2D eigenvalue weighted by Gasteiger charge is 1.93. The molecular formula is C4H12O5S. The normalized spacial score (nSPS) is 10.6. The predicted octanol–water partition coefficient (Wildman–Crippen LogP) is -0.177. The van der Waals surface area contributed by atoms with Crippen molar-refractivity contribution in [3.05, 3.63) is 0 Å². The van der Waals surface area contributed by atoms with Gasteiger partial charge in [0.25, 0.3) is 0 Å². The number of hydrogen-bond donors (Lipinski definition) is 2. The Kier molecular flexibility index (Phi) is 7.00. The SMILES string of the molecule is CC(C)O.COS(=O)(=O)O. The van der Waals surface area contributed by atoms with Crippen LogP contribution in [-0.4, -0.2) is 31.3 Å². The third-order valence-electron chi connectivity index (χ3n) is 0.211. The Morgan fingerprint density at radius 2 is 1.50 bits per heavy atom. The number of hydrogen-bond acceptors (Lipinski definition) is 4. The topological polar surface area (TPSA) is 83.8 Å². The van der Waals surface area contributed by atoms with E-state index in [1.54, 1.807) is 13.8 Å². The molecule has 0 aromatic carbocycles. The maximum atomic E-state index is 9.33. The van der Waals surface area contributed by atoms with E-state index in [9.17, 15) is 8.42 Å². The van der Waals surface area contributed by atoms with Gasteiger partial charge in [-0.15, -0.1) is 0 Å². The van der Waals surface area contributed by atoms with Gasteiger partial charge in [0.2, 0.25) is 0 Å². The molecule has 0 amide bonds. The summed E-state index contributed by atoms with van der Waals surface area (Å²) in [6.45, 7) is 3.44. The molecule has 0 aliphatic heterocycles. The van der Waals surface area contributed by atoms with Crippen LogP contribution in [0.1, 0.15) is 13.8 Å². The van der Waals surface area contributed by atoms with E-state index in [0.29, 0.717) is 0 Å². The Labute approximate surface area is 60.6 Å². The average molecular weight is 172 g/mol. The van der Waals surface area contributed by atoms with Crippen LogP contribution in [0, 0.1) is 0 Å². The standard InChI is InChI=1S/C3H8O.CH4O4S/c1-3(2)4;1-5-6(2,3)4/h3-4H,1-2H3;1H3,(H,2,3,4). The molecule has 0 bridgehead atoms. The number of rotatable bonds is 1. The van der Waals surface area contributed by atoms with Crippen molar-refractivity contribution in [2.75, 3.05) is 7.11 Å². The summed E-state index contributed by atoms with van der Waals surface area (Å²) < 4.78 is 29.7. The second kappa shape index (κ2) is 5.60. The van der Waals surface area contributed by atoms with E-state index in [2.05, 4.69) is 4.18 Å². The monoisotopic (exact) mass is 172 g/mol. The summed E-state index contributed by atoms with van der Waals surface area (Å²) in [7, 11) is -3.29. The molecule has 10 heavy (non-hydrogen) atoms. The van der Waals surface area contributed by atoms with Gasteiger partial charge in [-0.3, -0.25) is 8.74 Å². The molecular weight excluding hydrogens is 160 g/mol. The van der Waals surface area contributed by atoms with Crippen molar-refractivity contribution in [2.24, 2.45) is 0 Å². The van der Waals surface area contributed by atoms with Crippen LogP contribution in [-0.2, 0) is 14.6 Å². The summed E-state index contributed by atoms with van der Waals surface area (Å²) in [5.41, 5.74) is 0. The predicted molar refractivity (Wildman–Crippen MR) is 35.9 cm³/mol. The Morgan fingerprint density at radius 1 is 1.40 bits per heavy atom. The van der Waals surface area contributed by atoms with Gasteiger partial charge in [0.1, 0.15) is 0 Å². The van der Waals surface area contributed by atoms with E-state index in [0.717, 1.165) is 7.11 Å². The molecule has 5 nitrogen and oxygen atoms in total. The fourth-order valence-corrected chi connectivity index (χ4v) is 0. The first kappa shape index (κ1) is 12.5. The largest absolute Gasteiger partial charge is 0.397 e. The molecule has 0 rings (SSSR count). The van der Waals surface area contributed by atoms with Crippen LogP contribution in [0.5, 0.6) is 0 Å². The van der Waals surface area contributed by atoms with Crippen LogP contribution in [0.4, 0.5) is 0 Å². The molecule has 64 valence electrons. The van der Waals surface area contributed by atoms with E-state index >= 15 is 0 Å². The fraction of sp³-hybridized carbons (Fsp3) is 1.00. The van der Waals surface area contributed by atoms with Gasteiger partial charge in [-0.25, -0.2) is 0 Å². The fourth-order valence-electron chi connectivity index (χ4n) is 0. The number of aliphatic hydroxyl groups excluding tert-OH is 1. The van der Waals surface area contributed by atoms with Gasteiger partial charge in [-0.1, -0.05) is 0 Å². The molecule has 0 aromatic heterocycles. The van der Waals surface area contributed by atoms with Crippen molar-refractivity contribution in [3.63, 3.8) is 0 Å². The lowest BCUT2D eigenvalue weighted by Gasteiger charge is -1.82. The molecule has 0 saturated carbocycles. The lowest BCUT2D eigenvalue weighted by atomic mass is 10.5. The summed E-state index contributed by atoms with van der Waals surface area (Å²) in [4.78, 5) is 0. The zero-order valence-corrected chi connectivity index (χ0v) is 6.92. The minimum atomic E-state index is -4.16.